The number of nitrogens with zero attached hydrogens (tertiary/aromatic N) is 3. The minimum atomic E-state index is 1.04. The maximum atomic E-state index is 4.17. The van der Waals surface area contributed by atoms with Crippen LogP contribution in [-0.4, -0.2) is 16.2 Å². The number of anilines is 4. The minimum Gasteiger partial charge on any atom is -0.355 e. The standard InChI is InChI=1S/C50H42N4/c1-4-35(39-23-11-14-26-44(39)51-37-21-9-6-10-22-37)20-17-33-54-46-28-16-13-25-41(46)43-34-38(29-31-47(43)54)52(2)48-32-30-42-40-24-12-15-27-45(40)53(3)50(42)49(48)36-18-7-5-8-19-36/h4-14,16-26,28-34,51H,1,15,27H2,2-3H3/b33-17-,35-20+. The third-order valence-electron chi connectivity index (χ3n) is 10.9. The molecular weight excluding hydrogens is 657 g/mol. The zero-order valence-corrected chi connectivity index (χ0v) is 30.7. The number of aryl methyl sites for hydroxylation is 1. The Morgan fingerprint density at radius 1 is 0.759 bits per heavy atom. The highest BCUT2D eigenvalue weighted by molar-refractivity contribution is 6.11. The lowest BCUT2D eigenvalue weighted by Gasteiger charge is -2.24. The van der Waals surface area contributed by atoms with Gasteiger partial charge in [0.2, 0.25) is 0 Å². The number of benzene rings is 6. The molecule has 0 saturated heterocycles. The number of allylic oxidation sites excluding steroid dienone is 5. The Morgan fingerprint density at radius 2 is 1.50 bits per heavy atom. The Morgan fingerprint density at radius 3 is 2.33 bits per heavy atom. The lowest BCUT2D eigenvalue weighted by molar-refractivity contribution is 0.824. The second-order valence-electron chi connectivity index (χ2n) is 13.9. The van der Waals surface area contributed by atoms with E-state index in [1.54, 1.807) is 0 Å². The number of hydrogen-bond acceptors (Lipinski definition) is 2. The van der Waals surface area contributed by atoms with Crippen LogP contribution < -0.4 is 10.2 Å². The van der Waals surface area contributed by atoms with Crippen LogP contribution in [0.5, 0.6) is 0 Å². The van der Waals surface area contributed by atoms with Gasteiger partial charge in [0.1, 0.15) is 0 Å². The first kappa shape index (κ1) is 33.1. The molecule has 4 heteroatoms. The zero-order chi connectivity index (χ0) is 36.6. The first-order valence-electron chi connectivity index (χ1n) is 18.7. The van der Waals surface area contributed by atoms with Crippen LogP contribution in [0.25, 0.3) is 61.7 Å². The zero-order valence-electron chi connectivity index (χ0n) is 30.7. The van der Waals surface area contributed by atoms with E-state index in [4.69, 9.17) is 0 Å². The van der Waals surface area contributed by atoms with Crippen LogP contribution in [0.2, 0.25) is 0 Å². The summed E-state index contributed by atoms with van der Waals surface area (Å²) in [6, 6.07) is 49.6. The fourth-order valence-corrected chi connectivity index (χ4v) is 8.22. The van der Waals surface area contributed by atoms with Crippen molar-refractivity contribution >= 4 is 73.3 Å². The molecule has 0 atom stereocenters. The smallest absolute Gasteiger partial charge is 0.0587 e. The van der Waals surface area contributed by atoms with Crippen molar-refractivity contribution in [3.63, 3.8) is 0 Å². The van der Waals surface area contributed by atoms with Gasteiger partial charge < -0.3 is 19.4 Å². The molecule has 8 aromatic rings. The highest BCUT2D eigenvalue weighted by Crippen LogP contribution is 2.44. The van der Waals surface area contributed by atoms with Crippen molar-refractivity contribution in [2.75, 3.05) is 17.3 Å². The van der Waals surface area contributed by atoms with E-state index in [1.165, 1.54) is 49.7 Å². The molecule has 0 amide bonds. The van der Waals surface area contributed by atoms with Crippen LogP contribution in [0.1, 0.15) is 23.2 Å². The summed E-state index contributed by atoms with van der Waals surface area (Å²) in [4.78, 5) is 2.35. The molecule has 6 aromatic carbocycles. The molecule has 1 N–H and O–H groups in total. The summed E-state index contributed by atoms with van der Waals surface area (Å²) < 4.78 is 4.73. The van der Waals surface area contributed by atoms with Gasteiger partial charge in [-0.3, -0.25) is 0 Å². The lowest BCUT2D eigenvalue weighted by atomic mass is 9.97. The van der Waals surface area contributed by atoms with Crippen LogP contribution in [0, 0.1) is 0 Å². The van der Waals surface area contributed by atoms with E-state index >= 15 is 0 Å². The van der Waals surface area contributed by atoms with Gasteiger partial charge in [0.25, 0.3) is 0 Å². The van der Waals surface area contributed by atoms with E-state index in [0.717, 1.165) is 52.1 Å². The predicted molar refractivity (Wildman–Crippen MR) is 233 cm³/mol. The Balaban J connectivity index is 1.12. The van der Waals surface area contributed by atoms with Crippen molar-refractivity contribution in [1.82, 2.24) is 9.13 Å². The number of hydrogen-bond donors (Lipinski definition) is 1. The normalized spacial score (nSPS) is 12.9. The van der Waals surface area contributed by atoms with Crippen molar-refractivity contribution in [2.24, 2.45) is 7.05 Å². The molecule has 1 aliphatic carbocycles. The summed E-state index contributed by atoms with van der Waals surface area (Å²) in [6.45, 7) is 4.17. The van der Waals surface area contributed by atoms with Crippen molar-refractivity contribution in [2.45, 2.75) is 12.8 Å². The van der Waals surface area contributed by atoms with Crippen LogP contribution in [-0.2, 0) is 13.5 Å². The van der Waals surface area contributed by atoms with E-state index in [-0.39, 0.29) is 0 Å². The number of para-hydroxylation sites is 3. The summed E-state index contributed by atoms with van der Waals surface area (Å²) in [5.41, 5.74) is 15.4. The molecule has 54 heavy (non-hydrogen) atoms. The SMILES string of the molecule is C=C/C(=C\C=C/n1c2ccccc2c2cc(N(C)c3ccc4c5c(n(C)c4c3-c3ccccc3)CCC=C5)ccc21)c1ccccc1Nc1ccccc1. The molecule has 4 nitrogen and oxygen atoms in total. The predicted octanol–water partition coefficient (Wildman–Crippen LogP) is 13.2. The minimum absolute atomic E-state index is 1.04. The topological polar surface area (TPSA) is 25.1 Å². The number of nitrogens with one attached hydrogen (secondary N) is 1. The van der Waals surface area contributed by atoms with Crippen LogP contribution in [0.3, 0.4) is 0 Å². The molecule has 0 saturated carbocycles. The van der Waals surface area contributed by atoms with Crippen LogP contribution >= 0.6 is 0 Å². The molecule has 0 fully saturated rings. The van der Waals surface area contributed by atoms with Gasteiger partial charge in [-0.15, -0.1) is 0 Å². The van der Waals surface area contributed by atoms with E-state index in [9.17, 15) is 0 Å². The van der Waals surface area contributed by atoms with E-state index < -0.39 is 0 Å². The van der Waals surface area contributed by atoms with Gasteiger partial charge in [-0.1, -0.05) is 122 Å². The lowest BCUT2D eigenvalue weighted by Crippen LogP contribution is -2.11. The average Bonchev–Trinajstić information content (AvgIpc) is 3.70. The van der Waals surface area contributed by atoms with Crippen LogP contribution in [0.15, 0.2) is 170 Å². The Labute approximate surface area is 316 Å². The van der Waals surface area contributed by atoms with Gasteiger partial charge in [0, 0.05) is 75.9 Å². The molecule has 262 valence electrons. The second-order valence-corrected chi connectivity index (χ2v) is 13.9. The maximum absolute atomic E-state index is 4.17. The van der Waals surface area contributed by atoms with Crippen molar-refractivity contribution in [3.8, 4) is 11.1 Å². The molecule has 0 radical (unpaired) electrons. The molecule has 2 aromatic heterocycles. The monoisotopic (exact) mass is 698 g/mol. The molecule has 9 rings (SSSR count). The average molecular weight is 699 g/mol. The van der Waals surface area contributed by atoms with E-state index in [2.05, 4.69) is 192 Å². The first-order chi connectivity index (χ1) is 26.6. The molecule has 0 aliphatic heterocycles. The fraction of sp³-hybridized carbons (Fsp3) is 0.0800. The van der Waals surface area contributed by atoms with Crippen molar-refractivity contribution in [3.05, 3.63) is 187 Å². The molecule has 0 bridgehead atoms. The molecule has 2 heterocycles. The van der Waals surface area contributed by atoms with Gasteiger partial charge >= 0.3 is 0 Å². The third-order valence-corrected chi connectivity index (χ3v) is 10.9. The Hall–Kier alpha value is -6.78. The summed E-state index contributed by atoms with van der Waals surface area (Å²) in [5.74, 6) is 0. The Kier molecular flexibility index (Phi) is 8.57. The third kappa shape index (κ3) is 5.73. The van der Waals surface area contributed by atoms with E-state index in [1.807, 2.05) is 24.3 Å². The summed E-state index contributed by atoms with van der Waals surface area (Å²) >= 11 is 0. The maximum Gasteiger partial charge on any atom is 0.0587 e. The van der Waals surface area contributed by atoms with E-state index in [0.29, 0.717) is 0 Å². The van der Waals surface area contributed by atoms with Gasteiger partial charge in [-0.25, -0.2) is 0 Å². The summed E-state index contributed by atoms with van der Waals surface area (Å²) in [7, 11) is 4.43. The van der Waals surface area contributed by atoms with Gasteiger partial charge in [0.15, 0.2) is 0 Å². The highest BCUT2D eigenvalue weighted by Gasteiger charge is 2.23. The van der Waals surface area contributed by atoms with Crippen LogP contribution in [0.4, 0.5) is 22.7 Å². The molecule has 1 aliphatic rings. The second kappa shape index (κ2) is 14.0. The van der Waals surface area contributed by atoms with Gasteiger partial charge in [-0.2, -0.15) is 0 Å². The fourth-order valence-electron chi connectivity index (χ4n) is 8.22. The molecule has 0 spiro atoms. The number of fused-ring (bicyclic) bond motifs is 6. The molecular formula is C50H42N4. The summed E-state index contributed by atoms with van der Waals surface area (Å²) in [6.07, 6.45) is 15.1. The number of rotatable bonds is 9. The van der Waals surface area contributed by atoms with Crippen molar-refractivity contribution < 1.29 is 0 Å². The number of aromatic nitrogens is 2. The van der Waals surface area contributed by atoms with Crippen molar-refractivity contribution in [1.29, 1.82) is 0 Å². The quantitative estimate of drug-likeness (QED) is 0.152. The summed E-state index contributed by atoms with van der Waals surface area (Å²) in [5, 5.41) is 7.32. The first-order valence-corrected chi connectivity index (χ1v) is 18.7. The van der Waals surface area contributed by atoms with Gasteiger partial charge in [-0.05, 0) is 78.6 Å². The largest absolute Gasteiger partial charge is 0.355 e. The molecule has 0 unspecified atom stereocenters. The highest BCUT2D eigenvalue weighted by atomic mass is 15.1. The Bertz CT molecular complexity index is 2780. The van der Waals surface area contributed by atoms with Gasteiger partial charge in [0.05, 0.1) is 22.2 Å².